The Morgan fingerprint density at radius 2 is 2.33 bits per heavy atom. The Morgan fingerprint density at radius 1 is 1.56 bits per heavy atom. The lowest BCUT2D eigenvalue weighted by Crippen LogP contribution is -2.04. The van der Waals surface area contributed by atoms with Gasteiger partial charge in [0.15, 0.2) is 5.13 Å². The number of hydrogen-bond acceptors (Lipinski definition) is 6. The summed E-state index contributed by atoms with van der Waals surface area (Å²) in [4.78, 5) is 15.7. The first-order valence-corrected chi connectivity index (χ1v) is 6.21. The Morgan fingerprint density at radius 3 is 2.94 bits per heavy atom. The molecule has 0 saturated carbocycles. The van der Waals surface area contributed by atoms with E-state index in [-0.39, 0.29) is 5.75 Å². The van der Waals surface area contributed by atoms with Crippen molar-refractivity contribution in [3.63, 3.8) is 0 Å². The highest BCUT2D eigenvalue weighted by Crippen LogP contribution is 2.31. The first kappa shape index (κ1) is 12.4. The number of nitrogens with zero attached hydrogens (tertiary/aromatic N) is 1. The van der Waals surface area contributed by atoms with Gasteiger partial charge in [-0.1, -0.05) is 0 Å². The van der Waals surface area contributed by atoms with E-state index in [1.54, 1.807) is 18.4 Å². The molecule has 0 saturated heterocycles. The van der Waals surface area contributed by atoms with Gasteiger partial charge in [-0.25, -0.2) is 9.78 Å². The van der Waals surface area contributed by atoms with Crippen molar-refractivity contribution in [3.05, 3.63) is 29.1 Å². The molecule has 1 heterocycles. The molecule has 0 aliphatic carbocycles. The molecule has 2 aromatic rings. The number of phenolic OH excluding ortho intramolecular Hbond substituents is 1. The van der Waals surface area contributed by atoms with Crippen LogP contribution in [0.1, 0.15) is 17.3 Å². The highest BCUT2D eigenvalue weighted by Gasteiger charge is 2.13. The van der Waals surface area contributed by atoms with Crippen LogP contribution in [0.15, 0.2) is 23.6 Å². The minimum atomic E-state index is -0.429. The number of esters is 1. The van der Waals surface area contributed by atoms with E-state index in [2.05, 4.69) is 4.98 Å². The summed E-state index contributed by atoms with van der Waals surface area (Å²) < 4.78 is 4.90. The highest BCUT2D eigenvalue weighted by molar-refractivity contribution is 7.13. The number of nitrogens with two attached hydrogens (primary N) is 1. The number of nitrogen functional groups attached to an aromatic ring is 1. The van der Waals surface area contributed by atoms with Crippen LogP contribution in [0.2, 0.25) is 0 Å². The van der Waals surface area contributed by atoms with Crippen LogP contribution in [0.25, 0.3) is 11.3 Å². The average molecular weight is 264 g/mol. The number of carbonyl (C=O) groups is 1. The first-order valence-electron chi connectivity index (χ1n) is 5.33. The number of ether oxygens (including phenoxy) is 1. The van der Waals surface area contributed by atoms with Gasteiger partial charge in [-0.2, -0.15) is 0 Å². The number of aromatic nitrogens is 1. The maximum absolute atomic E-state index is 11.6. The first-order chi connectivity index (χ1) is 8.61. The zero-order valence-corrected chi connectivity index (χ0v) is 10.5. The SMILES string of the molecule is CCOC(=O)c1ccc(O)c(-c2csc(N)n2)c1. The number of rotatable bonds is 3. The van der Waals surface area contributed by atoms with Crippen molar-refractivity contribution in [2.24, 2.45) is 0 Å². The van der Waals surface area contributed by atoms with Crippen LogP contribution in [0.5, 0.6) is 5.75 Å². The van der Waals surface area contributed by atoms with Gasteiger partial charge in [-0.05, 0) is 25.1 Å². The molecule has 6 heteroatoms. The fourth-order valence-corrected chi connectivity index (χ4v) is 2.06. The number of phenols is 1. The molecule has 18 heavy (non-hydrogen) atoms. The standard InChI is InChI=1S/C12H12N2O3S/c1-2-17-11(16)7-3-4-10(15)8(5-7)9-6-18-12(13)14-9/h3-6,15H,2H2,1H3,(H2,13,14). The molecule has 5 nitrogen and oxygen atoms in total. The molecule has 94 valence electrons. The van der Waals surface area contributed by atoms with E-state index in [9.17, 15) is 9.90 Å². The van der Waals surface area contributed by atoms with E-state index in [1.807, 2.05) is 0 Å². The number of thiazole rings is 1. The second kappa shape index (κ2) is 5.05. The van der Waals surface area contributed by atoms with Crippen molar-refractivity contribution in [3.8, 4) is 17.0 Å². The zero-order chi connectivity index (χ0) is 13.1. The molecular formula is C12H12N2O3S. The number of aromatic hydroxyl groups is 1. The summed E-state index contributed by atoms with van der Waals surface area (Å²) in [5, 5.41) is 11.9. The van der Waals surface area contributed by atoms with Crippen LogP contribution in [0, 0.1) is 0 Å². The third kappa shape index (κ3) is 2.43. The fourth-order valence-electron chi connectivity index (χ4n) is 1.49. The summed E-state index contributed by atoms with van der Waals surface area (Å²) in [6.45, 7) is 2.04. The van der Waals surface area contributed by atoms with E-state index in [4.69, 9.17) is 10.5 Å². The van der Waals surface area contributed by atoms with Crippen LogP contribution in [0.3, 0.4) is 0 Å². The van der Waals surface area contributed by atoms with Crippen LogP contribution < -0.4 is 5.73 Å². The van der Waals surface area contributed by atoms with Gasteiger partial charge >= 0.3 is 5.97 Å². The van der Waals surface area contributed by atoms with Crippen LogP contribution in [-0.4, -0.2) is 22.7 Å². The predicted octanol–water partition coefficient (Wildman–Crippen LogP) is 2.27. The van der Waals surface area contributed by atoms with Gasteiger partial charge in [0.2, 0.25) is 0 Å². The van der Waals surface area contributed by atoms with Gasteiger partial charge in [0.1, 0.15) is 5.75 Å². The Hall–Kier alpha value is -2.08. The van der Waals surface area contributed by atoms with Gasteiger partial charge in [-0.15, -0.1) is 11.3 Å². The molecule has 0 bridgehead atoms. The summed E-state index contributed by atoms with van der Waals surface area (Å²) in [5.74, 6) is -0.379. The van der Waals surface area contributed by atoms with Gasteiger partial charge in [0.25, 0.3) is 0 Å². The highest BCUT2D eigenvalue weighted by atomic mass is 32.1. The lowest BCUT2D eigenvalue weighted by atomic mass is 10.1. The smallest absolute Gasteiger partial charge is 0.338 e. The van der Waals surface area contributed by atoms with Crippen molar-refractivity contribution in [1.82, 2.24) is 4.98 Å². The summed E-state index contributed by atoms with van der Waals surface area (Å²) in [5.41, 5.74) is 6.93. The zero-order valence-electron chi connectivity index (χ0n) is 9.71. The van der Waals surface area contributed by atoms with Gasteiger partial charge < -0.3 is 15.6 Å². The van der Waals surface area contributed by atoms with Gasteiger partial charge in [0.05, 0.1) is 17.9 Å². The third-order valence-electron chi connectivity index (χ3n) is 2.31. The molecule has 0 spiro atoms. The second-order valence-corrected chi connectivity index (χ2v) is 4.41. The number of carbonyl (C=O) groups excluding carboxylic acids is 1. The minimum Gasteiger partial charge on any atom is -0.507 e. The van der Waals surface area contributed by atoms with Crippen molar-refractivity contribution in [2.45, 2.75) is 6.92 Å². The fraction of sp³-hybridized carbons (Fsp3) is 0.167. The Balaban J connectivity index is 2.41. The number of hydrogen-bond donors (Lipinski definition) is 2. The Kier molecular flexibility index (Phi) is 3.47. The lowest BCUT2D eigenvalue weighted by Gasteiger charge is -2.05. The van der Waals surface area contributed by atoms with Crippen LogP contribution in [-0.2, 0) is 4.74 Å². The summed E-state index contributed by atoms with van der Waals surface area (Å²) in [6.07, 6.45) is 0. The van der Waals surface area contributed by atoms with Crippen LogP contribution >= 0.6 is 11.3 Å². The van der Waals surface area contributed by atoms with E-state index >= 15 is 0 Å². The van der Waals surface area contributed by atoms with Crippen molar-refractivity contribution >= 4 is 22.4 Å². The van der Waals surface area contributed by atoms with E-state index in [0.717, 1.165) is 0 Å². The molecular weight excluding hydrogens is 252 g/mol. The Labute approximate surface area is 108 Å². The molecule has 0 aliphatic heterocycles. The molecule has 1 aromatic carbocycles. The van der Waals surface area contributed by atoms with E-state index in [0.29, 0.717) is 28.6 Å². The molecule has 1 aromatic heterocycles. The van der Waals surface area contributed by atoms with Gasteiger partial charge in [0, 0.05) is 10.9 Å². The van der Waals surface area contributed by atoms with Crippen LogP contribution in [0.4, 0.5) is 5.13 Å². The Bertz CT molecular complexity index is 580. The molecule has 0 aliphatic rings. The molecule has 2 rings (SSSR count). The van der Waals surface area contributed by atoms with E-state index in [1.165, 1.54) is 23.5 Å². The molecule has 0 amide bonds. The summed E-state index contributed by atoms with van der Waals surface area (Å²) in [7, 11) is 0. The number of benzene rings is 1. The van der Waals surface area contributed by atoms with Crippen molar-refractivity contribution < 1.29 is 14.6 Å². The monoisotopic (exact) mass is 264 g/mol. The predicted molar refractivity (Wildman–Crippen MR) is 69.6 cm³/mol. The summed E-state index contributed by atoms with van der Waals surface area (Å²) >= 11 is 1.27. The maximum atomic E-state index is 11.6. The largest absolute Gasteiger partial charge is 0.507 e. The molecule has 0 radical (unpaired) electrons. The normalized spacial score (nSPS) is 10.3. The third-order valence-corrected chi connectivity index (χ3v) is 2.98. The second-order valence-electron chi connectivity index (χ2n) is 3.52. The molecule has 0 atom stereocenters. The molecule has 0 fully saturated rings. The molecule has 0 unspecified atom stereocenters. The number of anilines is 1. The molecule has 3 N–H and O–H groups in total. The minimum absolute atomic E-state index is 0.0494. The average Bonchev–Trinajstić information content (AvgIpc) is 2.76. The summed E-state index contributed by atoms with van der Waals surface area (Å²) in [6, 6.07) is 4.49. The maximum Gasteiger partial charge on any atom is 0.338 e. The quantitative estimate of drug-likeness (QED) is 0.831. The lowest BCUT2D eigenvalue weighted by molar-refractivity contribution is 0.0526. The van der Waals surface area contributed by atoms with Gasteiger partial charge in [-0.3, -0.25) is 0 Å². The van der Waals surface area contributed by atoms with E-state index < -0.39 is 5.97 Å². The van der Waals surface area contributed by atoms with Crippen molar-refractivity contribution in [1.29, 1.82) is 0 Å². The topological polar surface area (TPSA) is 85.4 Å². The van der Waals surface area contributed by atoms with Crippen molar-refractivity contribution in [2.75, 3.05) is 12.3 Å².